The van der Waals surface area contributed by atoms with Gasteiger partial charge in [0, 0.05) is 25.7 Å². The van der Waals surface area contributed by atoms with Crippen LogP contribution in [0.1, 0.15) is 17.2 Å². The molecule has 2 rings (SSSR count). The smallest absolute Gasteiger partial charge is 0.0698 e. The van der Waals surface area contributed by atoms with Crippen molar-refractivity contribution in [3.05, 3.63) is 35.4 Å². The summed E-state index contributed by atoms with van der Waals surface area (Å²) in [6.07, 6.45) is 1.08. The number of nitrogens with two attached hydrogens (primary N) is 1. The van der Waals surface area contributed by atoms with Crippen LogP contribution in [0.4, 0.5) is 0 Å². The molecule has 0 spiro atoms. The maximum absolute atomic E-state index is 8.67. The highest BCUT2D eigenvalue weighted by Crippen LogP contribution is 2.28. The fourth-order valence-electron chi connectivity index (χ4n) is 2.60. The lowest BCUT2D eigenvalue weighted by Crippen LogP contribution is -2.41. The van der Waals surface area contributed by atoms with Gasteiger partial charge in [-0.25, -0.2) is 0 Å². The molecule has 0 bridgehead atoms. The highest BCUT2D eigenvalue weighted by atomic mass is 16.5. The minimum atomic E-state index is 0.0865. The summed E-state index contributed by atoms with van der Waals surface area (Å²) in [6.45, 7) is 3.69. The lowest BCUT2D eigenvalue weighted by atomic mass is 9.92. The summed E-state index contributed by atoms with van der Waals surface area (Å²) >= 11 is 0. The second kappa shape index (κ2) is 6.85. The number of aliphatic hydroxyl groups excluding tert-OH is 1. The Hall–Kier alpha value is -0.940. The van der Waals surface area contributed by atoms with Crippen LogP contribution in [-0.4, -0.2) is 49.5 Å². The van der Waals surface area contributed by atoms with Crippen molar-refractivity contribution in [2.45, 2.75) is 12.5 Å². The molecule has 1 heterocycles. The second-order valence-electron chi connectivity index (χ2n) is 4.57. The van der Waals surface area contributed by atoms with E-state index in [-0.39, 0.29) is 6.61 Å². The molecule has 3 N–H and O–H groups in total. The van der Waals surface area contributed by atoms with Gasteiger partial charge >= 0.3 is 0 Å². The number of hydrogen-bond donors (Lipinski definition) is 2. The Kier molecular flexibility index (Phi) is 5.13. The van der Waals surface area contributed by atoms with Crippen molar-refractivity contribution in [2.24, 2.45) is 5.73 Å². The molecule has 0 amide bonds. The van der Waals surface area contributed by atoms with Crippen molar-refractivity contribution in [3.63, 3.8) is 0 Å². The molecule has 0 aromatic heterocycles. The molecule has 1 aliphatic heterocycles. The maximum atomic E-state index is 8.67. The summed E-state index contributed by atoms with van der Waals surface area (Å²) in [5, 5.41) is 8.67. The van der Waals surface area contributed by atoms with Gasteiger partial charge < -0.3 is 15.6 Å². The van der Waals surface area contributed by atoms with E-state index >= 15 is 0 Å². The van der Waals surface area contributed by atoms with Gasteiger partial charge in [0.1, 0.15) is 0 Å². The van der Waals surface area contributed by atoms with E-state index in [9.17, 15) is 0 Å². The lowest BCUT2D eigenvalue weighted by molar-refractivity contribution is 0.0615. The van der Waals surface area contributed by atoms with E-state index in [1.807, 2.05) is 0 Å². The molecule has 18 heavy (non-hydrogen) atoms. The van der Waals surface area contributed by atoms with E-state index in [1.54, 1.807) is 0 Å². The van der Waals surface area contributed by atoms with Crippen molar-refractivity contribution in [1.82, 2.24) is 4.90 Å². The van der Waals surface area contributed by atoms with Gasteiger partial charge in [-0.05, 0) is 17.5 Å². The van der Waals surface area contributed by atoms with Crippen LogP contribution < -0.4 is 5.73 Å². The first-order chi connectivity index (χ1) is 8.86. The Labute approximate surface area is 108 Å². The third-order valence-electron chi connectivity index (χ3n) is 3.50. The van der Waals surface area contributed by atoms with Crippen LogP contribution in [-0.2, 0) is 11.2 Å². The molecule has 1 atom stereocenters. The van der Waals surface area contributed by atoms with Crippen LogP contribution in [0, 0.1) is 0 Å². The van der Waals surface area contributed by atoms with Crippen LogP contribution in [0.25, 0.3) is 0 Å². The monoisotopic (exact) mass is 250 g/mol. The second-order valence-corrected chi connectivity index (χ2v) is 4.57. The van der Waals surface area contributed by atoms with Gasteiger partial charge in [-0.3, -0.25) is 4.90 Å². The number of rotatable bonds is 6. The van der Waals surface area contributed by atoms with Crippen molar-refractivity contribution in [3.8, 4) is 0 Å². The molecule has 4 heteroatoms. The molecule has 1 aliphatic rings. The van der Waals surface area contributed by atoms with E-state index in [2.05, 4.69) is 29.2 Å². The number of fused-ring (bicyclic) bond motifs is 1. The number of aliphatic hydroxyl groups is 1. The van der Waals surface area contributed by atoms with Crippen molar-refractivity contribution in [2.75, 3.05) is 39.5 Å². The van der Waals surface area contributed by atoms with Crippen LogP contribution in [0.2, 0.25) is 0 Å². The van der Waals surface area contributed by atoms with Crippen LogP contribution in [0.5, 0.6) is 0 Å². The van der Waals surface area contributed by atoms with Crippen molar-refractivity contribution >= 4 is 0 Å². The number of benzene rings is 1. The van der Waals surface area contributed by atoms with E-state index in [0.717, 1.165) is 19.5 Å². The van der Waals surface area contributed by atoms with Gasteiger partial charge in [-0.15, -0.1) is 0 Å². The Morgan fingerprint density at radius 2 is 2.17 bits per heavy atom. The topological polar surface area (TPSA) is 58.7 Å². The minimum Gasteiger partial charge on any atom is -0.394 e. The number of nitrogens with zero attached hydrogens (tertiary/aromatic N) is 1. The Balaban J connectivity index is 1.97. The Morgan fingerprint density at radius 3 is 2.94 bits per heavy atom. The highest BCUT2D eigenvalue weighted by molar-refractivity contribution is 5.32. The standard InChI is InChI=1S/C14H22N2O2/c15-11-14-13-4-2-1-3-12(13)5-6-16(14)7-9-18-10-8-17/h1-4,14,17H,5-11,15H2. The molecule has 4 nitrogen and oxygen atoms in total. The largest absolute Gasteiger partial charge is 0.394 e. The lowest BCUT2D eigenvalue weighted by Gasteiger charge is -2.36. The summed E-state index contributed by atoms with van der Waals surface area (Å²) in [5.74, 6) is 0. The fraction of sp³-hybridized carbons (Fsp3) is 0.571. The molecular weight excluding hydrogens is 228 g/mol. The van der Waals surface area contributed by atoms with Gasteiger partial charge in [0.2, 0.25) is 0 Å². The van der Waals surface area contributed by atoms with Gasteiger partial charge in [-0.1, -0.05) is 24.3 Å². The summed E-state index contributed by atoms with van der Waals surface area (Å²) in [5.41, 5.74) is 8.69. The van der Waals surface area contributed by atoms with Gasteiger partial charge in [0.25, 0.3) is 0 Å². The predicted octanol–water partition coefficient (Wildman–Crippen LogP) is 0.553. The molecule has 1 aromatic rings. The number of hydrogen-bond acceptors (Lipinski definition) is 4. The first-order valence-electron chi connectivity index (χ1n) is 6.57. The highest BCUT2D eigenvalue weighted by Gasteiger charge is 2.25. The molecular formula is C14H22N2O2. The molecule has 0 saturated carbocycles. The first kappa shape index (κ1) is 13.5. The van der Waals surface area contributed by atoms with E-state index < -0.39 is 0 Å². The summed E-state index contributed by atoms with van der Waals surface area (Å²) in [7, 11) is 0. The van der Waals surface area contributed by atoms with Gasteiger partial charge in [0.15, 0.2) is 0 Å². The molecule has 0 saturated heterocycles. The third-order valence-corrected chi connectivity index (χ3v) is 3.50. The summed E-state index contributed by atoms with van der Waals surface area (Å²) in [4.78, 5) is 2.37. The SMILES string of the molecule is NCC1c2ccccc2CCN1CCOCCO. The van der Waals surface area contributed by atoms with E-state index in [0.29, 0.717) is 25.8 Å². The average molecular weight is 250 g/mol. The Morgan fingerprint density at radius 1 is 1.33 bits per heavy atom. The fourth-order valence-corrected chi connectivity index (χ4v) is 2.60. The zero-order valence-corrected chi connectivity index (χ0v) is 10.7. The summed E-state index contributed by atoms with van der Waals surface area (Å²) < 4.78 is 5.33. The molecule has 100 valence electrons. The molecule has 1 unspecified atom stereocenters. The summed E-state index contributed by atoms with van der Waals surface area (Å²) in [6, 6.07) is 8.83. The predicted molar refractivity (Wildman–Crippen MR) is 71.4 cm³/mol. The number of ether oxygens (including phenoxy) is 1. The van der Waals surface area contributed by atoms with Crippen LogP contribution in [0.3, 0.4) is 0 Å². The van der Waals surface area contributed by atoms with Crippen LogP contribution >= 0.6 is 0 Å². The average Bonchev–Trinajstić information content (AvgIpc) is 2.43. The van der Waals surface area contributed by atoms with E-state index in [1.165, 1.54) is 11.1 Å². The zero-order chi connectivity index (χ0) is 12.8. The van der Waals surface area contributed by atoms with Crippen molar-refractivity contribution in [1.29, 1.82) is 0 Å². The van der Waals surface area contributed by atoms with Crippen LogP contribution in [0.15, 0.2) is 24.3 Å². The van der Waals surface area contributed by atoms with E-state index in [4.69, 9.17) is 15.6 Å². The quantitative estimate of drug-likeness (QED) is 0.724. The molecule has 1 aromatic carbocycles. The normalized spacial score (nSPS) is 19.8. The molecule has 0 fully saturated rings. The maximum Gasteiger partial charge on any atom is 0.0698 e. The third kappa shape index (κ3) is 3.09. The van der Waals surface area contributed by atoms with Crippen molar-refractivity contribution < 1.29 is 9.84 Å². The minimum absolute atomic E-state index is 0.0865. The van der Waals surface area contributed by atoms with Gasteiger partial charge in [-0.2, -0.15) is 0 Å². The zero-order valence-electron chi connectivity index (χ0n) is 10.7. The Bertz CT molecular complexity index is 371. The molecule has 0 aliphatic carbocycles. The molecule has 0 radical (unpaired) electrons. The first-order valence-corrected chi connectivity index (χ1v) is 6.57. The van der Waals surface area contributed by atoms with Gasteiger partial charge in [0.05, 0.1) is 19.8 Å².